The van der Waals surface area contributed by atoms with Crippen molar-refractivity contribution >= 4 is 17.0 Å². The molecule has 0 N–H and O–H groups in total. The molecule has 0 atom stereocenters. The second-order valence-corrected chi connectivity index (χ2v) is 9.71. The lowest BCUT2D eigenvalue weighted by molar-refractivity contribution is -0.131. The normalized spacial score (nSPS) is 12.4. The first-order valence-electron chi connectivity index (χ1n) is 11.3. The molecule has 166 valence electrons. The fraction of sp³-hybridized carbons (Fsp3) is 0.500. The van der Waals surface area contributed by atoms with E-state index in [1.807, 2.05) is 24.3 Å². The second-order valence-electron chi connectivity index (χ2n) is 9.71. The van der Waals surface area contributed by atoms with Crippen LogP contribution in [-0.2, 0) is 15.6 Å². The summed E-state index contributed by atoms with van der Waals surface area (Å²) in [5.74, 6) is 0.217. The molecule has 31 heavy (non-hydrogen) atoms. The van der Waals surface area contributed by atoms with Crippen LogP contribution in [0.3, 0.4) is 0 Å². The van der Waals surface area contributed by atoms with Gasteiger partial charge in [0.15, 0.2) is 5.75 Å². The molecule has 3 aromatic rings. The van der Waals surface area contributed by atoms with Gasteiger partial charge in [-0.3, -0.25) is 4.79 Å². The Morgan fingerprint density at radius 2 is 1.48 bits per heavy atom. The third-order valence-corrected chi connectivity index (χ3v) is 6.08. The highest BCUT2D eigenvalue weighted by Gasteiger charge is 2.31. The van der Waals surface area contributed by atoms with Gasteiger partial charge >= 0.3 is 5.97 Å². The number of rotatable bonds is 8. The van der Waals surface area contributed by atoms with Crippen LogP contribution in [0.25, 0.3) is 16.7 Å². The van der Waals surface area contributed by atoms with Crippen molar-refractivity contribution in [3.63, 3.8) is 0 Å². The van der Waals surface area contributed by atoms with Crippen LogP contribution in [0.5, 0.6) is 5.75 Å². The smallest absolute Gasteiger partial charge is 0.308 e. The van der Waals surface area contributed by atoms with Crippen LogP contribution in [0, 0.1) is 0 Å². The van der Waals surface area contributed by atoms with Gasteiger partial charge in [0.2, 0.25) is 0 Å². The Kier molecular flexibility index (Phi) is 6.54. The molecule has 0 aliphatic rings. The summed E-state index contributed by atoms with van der Waals surface area (Å²) in [6.07, 6.45) is 4.16. The maximum atomic E-state index is 12.1. The lowest BCUT2D eigenvalue weighted by atomic mass is 9.74. The zero-order valence-corrected chi connectivity index (χ0v) is 20.0. The van der Waals surface area contributed by atoms with Gasteiger partial charge in [0.05, 0.1) is 0 Å². The Bertz CT molecular complexity index is 1050. The summed E-state index contributed by atoms with van der Waals surface area (Å²) in [7, 11) is 0. The highest BCUT2D eigenvalue weighted by molar-refractivity contribution is 5.75. The Morgan fingerprint density at radius 1 is 0.935 bits per heavy atom. The van der Waals surface area contributed by atoms with Crippen LogP contribution in [0.1, 0.15) is 85.3 Å². The third-order valence-electron chi connectivity index (χ3n) is 6.08. The first-order chi connectivity index (χ1) is 14.6. The summed E-state index contributed by atoms with van der Waals surface area (Å²) in [6, 6.07) is 12.1. The van der Waals surface area contributed by atoms with Crippen molar-refractivity contribution in [3.05, 3.63) is 47.5 Å². The fourth-order valence-electron chi connectivity index (χ4n) is 4.40. The first-order valence-corrected chi connectivity index (χ1v) is 11.3. The van der Waals surface area contributed by atoms with Crippen molar-refractivity contribution in [3.8, 4) is 11.4 Å². The number of carbonyl (C=O) groups excluding carboxylic acids is 1. The molecule has 5 heteroatoms. The Balaban J connectivity index is 2.35. The van der Waals surface area contributed by atoms with Crippen LogP contribution >= 0.6 is 0 Å². The van der Waals surface area contributed by atoms with Crippen LogP contribution in [0.2, 0.25) is 0 Å². The number of fused-ring (bicyclic) bond motifs is 1. The standard InChI is InChI=1S/C26H35N3O2/c1-8-14-25(4,5)19-16-20(26(6,7)15-9-2)24(31-18(3)30)23(17-19)29-27-21-12-10-11-13-22(21)28-29/h10-13,16-17H,8-9,14-15H2,1-7H3. The summed E-state index contributed by atoms with van der Waals surface area (Å²) >= 11 is 0. The van der Waals surface area contributed by atoms with Crippen LogP contribution in [0.15, 0.2) is 36.4 Å². The van der Waals surface area contributed by atoms with E-state index in [2.05, 4.69) is 53.7 Å². The highest BCUT2D eigenvalue weighted by atomic mass is 16.5. The van der Waals surface area contributed by atoms with Gasteiger partial charge in [0.25, 0.3) is 0 Å². The Morgan fingerprint density at radius 3 is 2.00 bits per heavy atom. The van der Waals surface area contributed by atoms with Crippen LogP contribution < -0.4 is 4.74 Å². The zero-order valence-electron chi connectivity index (χ0n) is 20.0. The number of ether oxygens (including phenoxy) is 1. The minimum Gasteiger partial charge on any atom is -0.424 e. The van der Waals surface area contributed by atoms with E-state index in [9.17, 15) is 4.79 Å². The molecule has 0 radical (unpaired) electrons. The molecule has 0 fully saturated rings. The first kappa shape index (κ1) is 23.0. The predicted octanol–water partition coefficient (Wildman–Crippen LogP) is 6.50. The number of hydrogen-bond acceptors (Lipinski definition) is 4. The number of nitrogens with zero attached hydrogens (tertiary/aromatic N) is 3. The van der Waals surface area contributed by atoms with E-state index in [0.717, 1.165) is 42.3 Å². The van der Waals surface area contributed by atoms with E-state index in [-0.39, 0.29) is 16.8 Å². The summed E-state index contributed by atoms with van der Waals surface area (Å²) in [5.41, 5.74) is 4.38. The molecule has 0 spiro atoms. The Labute approximate surface area is 185 Å². The van der Waals surface area contributed by atoms with Crippen molar-refractivity contribution in [1.82, 2.24) is 15.0 Å². The van der Waals surface area contributed by atoms with Crippen molar-refractivity contribution in [1.29, 1.82) is 0 Å². The number of hydrogen-bond donors (Lipinski definition) is 0. The maximum Gasteiger partial charge on any atom is 0.308 e. The number of aromatic nitrogens is 3. The molecule has 0 unspecified atom stereocenters. The highest BCUT2D eigenvalue weighted by Crippen LogP contribution is 2.43. The molecule has 1 heterocycles. The van der Waals surface area contributed by atoms with Gasteiger partial charge in [-0.2, -0.15) is 0 Å². The molecule has 0 aliphatic heterocycles. The third kappa shape index (κ3) is 4.81. The van der Waals surface area contributed by atoms with E-state index in [1.54, 1.807) is 4.80 Å². The van der Waals surface area contributed by atoms with Gasteiger partial charge in [-0.1, -0.05) is 72.6 Å². The van der Waals surface area contributed by atoms with Gasteiger partial charge in [0, 0.05) is 12.5 Å². The number of benzene rings is 2. The van der Waals surface area contributed by atoms with E-state index in [4.69, 9.17) is 14.9 Å². The molecule has 5 nitrogen and oxygen atoms in total. The average Bonchev–Trinajstić information content (AvgIpc) is 3.11. The predicted molar refractivity (Wildman–Crippen MR) is 126 cm³/mol. The van der Waals surface area contributed by atoms with Crippen LogP contribution in [-0.4, -0.2) is 21.0 Å². The molecule has 0 saturated carbocycles. The lowest BCUT2D eigenvalue weighted by Crippen LogP contribution is -2.24. The molecular weight excluding hydrogens is 386 g/mol. The van der Waals surface area contributed by atoms with E-state index in [0.29, 0.717) is 11.4 Å². The summed E-state index contributed by atoms with van der Waals surface area (Å²) in [5, 5.41) is 9.41. The van der Waals surface area contributed by atoms with E-state index >= 15 is 0 Å². The quantitative estimate of drug-likeness (QED) is 0.308. The van der Waals surface area contributed by atoms with E-state index < -0.39 is 0 Å². The molecule has 0 amide bonds. The van der Waals surface area contributed by atoms with Crippen molar-refractivity contribution in [2.75, 3.05) is 0 Å². The van der Waals surface area contributed by atoms with Crippen LogP contribution in [0.4, 0.5) is 0 Å². The number of esters is 1. The molecule has 1 aromatic heterocycles. The van der Waals surface area contributed by atoms with Crippen molar-refractivity contribution < 1.29 is 9.53 Å². The minimum absolute atomic E-state index is 0.0259. The van der Waals surface area contributed by atoms with Crippen molar-refractivity contribution in [2.24, 2.45) is 0 Å². The monoisotopic (exact) mass is 421 g/mol. The lowest BCUT2D eigenvalue weighted by Gasteiger charge is -2.32. The zero-order chi connectivity index (χ0) is 22.8. The molecule has 0 saturated heterocycles. The maximum absolute atomic E-state index is 12.1. The SMILES string of the molecule is CCCC(C)(C)c1cc(-n2nc3ccccc3n2)c(OC(C)=O)c(C(C)(C)CCC)c1. The summed E-state index contributed by atoms with van der Waals surface area (Å²) < 4.78 is 5.85. The summed E-state index contributed by atoms with van der Waals surface area (Å²) in [6.45, 7) is 14.8. The number of carbonyl (C=O) groups is 1. The van der Waals surface area contributed by atoms with Gasteiger partial charge < -0.3 is 4.74 Å². The molecule has 0 bridgehead atoms. The van der Waals surface area contributed by atoms with Gasteiger partial charge in [-0.15, -0.1) is 15.0 Å². The average molecular weight is 422 g/mol. The summed E-state index contributed by atoms with van der Waals surface area (Å²) in [4.78, 5) is 13.7. The molecule has 2 aromatic carbocycles. The molecular formula is C26H35N3O2. The Hall–Kier alpha value is -2.69. The molecule has 0 aliphatic carbocycles. The van der Waals surface area contributed by atoms with E-state index in [1.165, 1.54) is 12.5 Å². The fourth-order valence-corrected chi connectivity index (χ4v) is 4.40. The topological polar surface area (TPSA) is 57.0 Å². The van der Waals surface area contributed by atoms with Gasteiger partial charge in [0.1, 0.15) is 16.7 Å². The second kappa shape index (κ2) is 8.81. The van der Waals surface area contributed by atoms with Crippen molar-refractivity contribution in [2.45, 2.75) is 85.0 Å². The minimum atomic E-state index is -0.341. The van der Waals surface area contributed by atoms with Gasteiger partial charge in [-0.05, 0) is 47.4 Å². The largest absolute Gasteiger partial charge is 0.424 e. The molecule has 3 rings (SSSR count). The van der Waals surface area contributed by atoms with Gasteiger partial charge in [-0.25, -0.2) is 0 Å².